The second kappa shape index (κ2) is 10.9. The van der Waals surface area contributed by atoms with Crippen molar-refractivity contribution in [2.45, 2.75) is 44.4 Å². The molecule has 1 heterocycles. The van der Waals surface area contributed by atoms with Crippen molar-refractivity contribution in [3.63, 3.8) is 0 Å². The van der Waals surface area contributed by atoms with Crippen molar-refractivity contribution in [3.8, 4) is 11.1 Å². The first kappa shape index (κ1) is 21.2. The summed E-state index contributed by atoms with van der Waals surface area (Å²) in [5.41, 5.74) is 4.51. The molecular weight excluding hydrogens is 382 g/mol. The molecule has 1 unspecified atom stereocenters. The molecule has 1 aliphatic rings. The normalized spacial score (nSPS) is 15.5. The number of Topliss-reactive ketones (excluding diaryl/α,β-unsaturated/α-hetero) is 1. The van der Waals surface area contributed by atoms with E-state index in [1.54, 1.807) is 6.92 Å². The molecule has 0 radical (unpaired) electrons. The Bertz CT molecular complexity index is 846. The number of thioether (sulfide) groups is 1. The first-order valence-corrected chi connectivity index (χ1v) is 11.0. The van der Waals surface area contributed by atoms with Gasteiger partial charge in [-0.3, -0.25) is 9.59 Å². The zero-order chi connectivity index (χ0) is 20.5. The van der Waals surface area contributed by atoms with Gasteiger partial charge >= 0.3 is 5.97 Å². The van der Waals surface area contributed by atoms with Crippen LogP contribution in [0.4, 0.5) is 0 Å². The van der Waals surface area contributed by atoms with Crippen molar-refractivity contribution in [2.24, 2.45) is 0 Å². The van der Waals surface area contributed by atoms with Gasteiger partial charge in [-0.15, -0.1) is 0 Å². The summed E-state index contributed by atoms with van der Waals surface area (Å²) in [6.07, 6.45) is 3.57. The maximum absolute atomic E-state index is 12.4. The summed E-state index contributed by atoms with van der Waals surface area (Å²) in [4.78, 5) is 23.9. The second-order valence-corrected chi connectivity index (χ2v) is 8.00. The molecular formula is C24H27NO3S. The van der Waals surface area contributed by atoms with Gasteiger partial charge in [0, 0.05) is 12.1 Å². The summed E-state index contributed by atoms with van der Waals surface area (Å²) < 4.78 is 4.94. The Morgan fingerprint density at radius 2 is 1.72 bits per heavy atom. The lowest BCUT2D eigenvalue weighted by Crippen LogP contribution is -2.30. The van der Waals surface area contributed by atoms with Gasteiger partial charge in [-0.05, 0) is 48.3 Å². The summed E-state index contributed by atoms with van der Waals surface area (Å²) in [6, 6.07) is 19.0. The molecule has 3 rings (SSSR count). The molecule has 1 atom stereocenters. The highest BCUT2D eigenvalue weighted by Gasteiger charge is 2.24. The molecule has 0 spiro atoms. The van der Waals surface area contributed by atoms with Gasteiger partial charge in [0.25, 0.3) is 0 Å². The minimum absolute atomic E-state index is 0.185. The minimum Gasteiger partial charge on any atom is -0.466 e. The Hall–Kier alpha value is -2.53. The van der Waals surface area contributed by atoms with Crippen molar-refractivity contribution in [2.75, 3.05) is 6.61 Å². The Kier molecular flexibility index (Phi) is 7.94. The summed E-state index contributed by atoms with van der Waals surface area (Å²) in [5, 5.41) is 4.72. The SMILES string of the molecule is CCOC(=O)CC1=CSC(C(=O)CCCCc2ccc(-c3ccccc3)cc2)N1. The fraction of sp³-hybridized carbons (Fsp3) is 0.333. The van der Waals surface area contributed by atoms with Crippen molar-refractivity contribution in [1.29, 1.82) is 0 Å². The van der Waals surface area contributed by atoms with Crippen LogP contribution < -0.4 is 5.32 Å². The lowest BCUT2D eigenvalue weighted by atomic mass is 10.0. The van der Waals surface area contributed by atoms with Crippen LogP contribution in [-0.2, 0) is 20.7 Å². The molecule has 4 nitrogen and oxygen atoms in total. The monoisotopic (exact) mass is 409 g/mol. The standard InChI is InChI=1S/C24H27NO3S/c1-2-28-23(27)16-21-17-29-24(25-21)22(26)11-7-6-8-18-12-14-20(15-13-18)19-9-4-3-5-10-19/h3-5,9-10,12-15,17,24-25H,2,6-8,11,16H2,1H3. The van der Waals surface area contributed by atoms with Crippen molar-refractivity contribution in [3.05, 3.63) is 71.3 Å². The van der Waals surface area contributed by atoms with E-state index in [1.165, 1.54) is 28.5 Å². The van der Waals surface area contributed by atoms with Crippen LogP contribution >= 0.6 is 11.8 Å². The summed E-state index contributed by atoms with van der Waals surface area (Å²) in [7, 11) is 0. The lowest BCUT2D eigenvalue weighted by Gasteiger charge is -2.11. The van der Waals surface area contributed by atoms with Gasteiger partial charge in [0.05, 0.1) is 13.0 Å². The predicted molar refractivity (Wildman–Crippen MR) is 118 cm³/mol. The number of rotatable bonds is 10. The first-order valence-electron chi connectivity index (χ1n) is 10.1. The van der Waals surface area contributed by atoms with Crippen LogP contribution in [0.2, 0.25) is 0 Å². The molecule has 0 aromatic heterocycles. The van der Waals surface area contributed by atoms with E-state index in [1.807, 2.05) is 23.6 Å². The molecule has 0 saturated carbocycles. The van der Waals surface area contributed by atoms with E-state index in [-0.39, 0.29) is 23.5 Å². The Morgan fingerprint density at radius 1 is 1.00 bits per heavy atom. The Morgan fingerprint density at radius 3 is 2.45 bits per heavy atom. The van der Waals surface area contributed by atoms with Gasteiger partial charge in [0.15, 0.2) is 5.78 Å². The first-order chi connectivity index (χ1) is 14.2. The van der Waals surface area contributed by atoms with Gasteiger partial charge in [-0.1, -0.05) is 66.4 Å². The number of hydrogen-bond donors (Lipinski definition) is 1. The minimum atomic E-state index is -0.274. The third-order valence-electron chi connectivity index (χ3n) is 4.80. The molecule has 0 bridgehead atoms. The molecule has 2 aromatic carbocycles. The van der Waals surface area contributed by atoms with E-state index in [2.05, 4.69) is 41.7 Å². The van der Waals surface area contributed by atoms with Crippen LogP contribution in [0.1, 0.15) is 38.2 Å². The van der Waals surface area contributed by atoms with E-state index in [0.29, 0.717) is 13.0 Å². The predicted octanol–water partition coefficient (Wildman–Crippen LogP) is 5.09. The van der Waals surface area contributed by atoms with E-state index in [4.69, 9.17) is 4.74 Å². The number of ether oxygens (including phenoxy) is 1. The maximum Gasteiger partial charge on any atom is 0.311 e. The van der Waals surface area contributed by atoms with Crippen LogP contribution in [0.5, 0.6) is 0 Å². The smallest absolute Gasteiger partial charge is 0.311 e. The zero-order valence-corrected chi connectivity index (χ0v) is 17.5. The van der Waals surface area contributed by atoms with Crippen molar-refractivity contribution >= 4 is 23.5 Å². The number of ketones is 1. The summed E-state index contributed by atoms with van der Waals surface area (Å²) in [6.45, 7) is 2.16. The molecule has 1 aliphatic heterocycles. The molecule has 5 heteroatoms. The molecule has 0 saturated heterocycles. The average Bonchev–Trinajstić information content (AvgIpc) is 3.21. The highest BCUT2D eigenvalue weighted by Crippen LogP contribution is 2.25. The number of hydrogen-bond acceptors (Lipinski definition) is 5. The summed E-state index contributed by atoms with van der Waals surface area (Å²) >= 11 is 1.44. The van der Waals surface area contributed by atoms with E-state index >= 15 is 0 Å². The Labute approximate surface area is 176 Å². The number of aryl methyl sites for hydroxylation is 1. The molecule has 152 valence electrons. The fourth-order valence-corrected chi connectivity index (χ4v) is 4.20. The van der Waals surface area contributed by atoms with Crippen LogP contribution in [-0.4, -0.2) is 23.7 Å². The van der Waals surface area contributed by atoms with E-state index < -0.39 is 0 Å². The quantitative estimate of drug-likeness (QED) is 0.437. The van der Waals surface area contributed by atoms with Gasteiger partial charge in [-0.2, -0.15) is 0 Å². The largest absolute Gasteiger partial charge is 0.466 e. The van der Waals surface area contributed by atoms with E-state index in [0.717, 1.165) is 25.0 Å². The highest BCUT2D eigenvalue weighted by molar-refractivity contribution is 8.03. The fourth-order valence-electron chi connectivity index (χ4n) is 3.26. The van der Waals surface area contributed by atoms with Gasteiger partial charge < -0.3 is 10.1 Å². The second-order valence-electron chi connectivity index (χ2n) is 7.02. The molecule has 0 aliphatic carbocycles. The topological polar surface area (TPSA) is 55.4 Å². The van der Waals surface area contributed by atoms with Crippen molar-refractivity contribution < 1.29 is 14.3 Å². The number of carbonyl (C=O) groups excluding carboxylic acids is 2. The van der Waals surface area contributed by atoms with Gasteiger partial charge in [0.2, 0.25) is 0 Å². The molecule has 29 heavy (non-hydrogen) atoms. The number of nitrogens with one attached hydrogen (secondary N) is 1. The van der Waals surface area contributed by atoms with Crippen LogP contribution in [0.25, 0.3) is 11.1 Å². The molecule has 1 N–H and O–H groups in total. The zero-order valence-electron chi connectivity index (χ0n) is 16.7. The third-order valence-corrected chi connectivity index (χ3v) is 5.87. The number of esters is 1. The Balaban J connectivity index is 1.35. The van der Waals surface area contributed by atoms with Crippen LogP contribution in [0.15, 0.2) is 65.7 Å². The number of unbranched alkanes of at least 4 members (excludes halogenated alkanes) is 1. The highest BCUT2D eigenvalue weighted by atomic mass is 32.2. The van der Waals surface area contributed by atoms with Gasteiger partial charge in [0.1, 0.15) is 5.37 Å². The molecule has 0 amide bonds. The summed E-state index contributed by atoms with van der Waals surface area (Å²) in [5.74, 6) is -0.0808. The van der Waals surface area contributed by atoms with Crippen LogP contribution in [0.3, 0.4) is 0 Å². The molecule has 2 aromatic rings. The average molecular weight is 410 g/mol. The lowest BCUT2D eigenvalue weighted by molar-refractivity contribution is -0.142. The number of carbonyl (C=O) groups is 2. The van der Waals surface area contributed by atoms with E-state index in [9.17, 15) is 9.59 Å². The van der Waals surface area contributed by atoms with Crippen LogP contribution in [0, 0.1) is 0 Å². The van der Waals surface area contributed by atoms with Gasteiger partial charge in [-0.25, -0.2) is 0 Å². The molecule has 0 fully saturated rings. The maximum atomic E-state index is 12.4. The third kappa shape index (κ3) is 6.50. The van der Waals surface area contributed by atoms with Crippen molar-refractivity contribution in [1.82, 2.24) is 5.32 Å². The number of benzene rings is 2.